The summed E-state index contributed by atoms with van der Waals surface area (Å²) in [5.74, 6) is 0.479. The predicted molar refractivity (Wildman–Crippen MR) is 79.7 cm³/mol. The van der Waals surface area contributed by atoms with Crippen molar-refractivity contribution < 1.29 is 14.6 Å². The lowest BCUT2D eigenvalue weighted by molar-refractivity contribution is -0.148. The van der Waals surface area contributed by atoms with Crippen molar-refractivity contribution in [1.82, 2.24) is 5.32 Å². The number of aromatic hydroxyl groups is 1. The van der Waals surface area contributed by atoms with Gasteiger partial charge in [0.15, 0.2) is 0 Å². The highest BCUT2D eigenvalue weighted by Gasteiger charge is 2.33. The Morgan fingerprint density at radius 3 is 2.45 bits per heavy atom. The summed E-state index contributed by atoms with van der Waals surface area (Å²) in [4.78, 5) is 12.0. The summed E-state index contributed by atoms with van der Waals surface area (Å²) in [6, 6.07) is 7.06. The van der Waals surface area contributed by atoms with Gasteiger partial charge in [-0.25, -0.2) is 0 Å². The fraction of sp³-hybridized carbons (Fsp3) is 0.562. The van der Waals surface area contributed by atoms with Crippen LogP contribution in [0.15, 0.2) is 24.3 Å². The molecule has 112 valence electrons. The van der Waals surface area contributed by atoms with Crippen LogP contribution in [-0.4, -0.2) is 30.3 Å². The number of ether oxygens (including phenoxy) is 1. The van der Waals surface area contributed by atoms with Gasteiger partial charge in [-0.15, -0.1) is 0 Å². The summed E-state index contributed by atoms with van der Waals surface area (Å²) >= 11 is 0. The van der Waals surface area contributed by atoms with Gasteiger partial charge in [0.25, 0.3) is 0 Å². The average molecular weight is 279 g/mol. The van der Waals surface area contributed by atoms with Crippen molar-refractivity contribution in [2.24, 2.45) is 5.92 Å². The van der Waals surface area contributed by atoms with Crippen LogP contribution in [-0.2, 0) is 16.0 Å². The zero-order chi connectivity index (χ0) is 15.2. The summed E-state index contributed by atoms with van der Waals surface area (Å²) in [5, 5.41) is 12.6. The van der Waals surface area contributed by atoms with Crippen molar-refractivity contribution in [3.05, 3.63) is 29.8 Å². The quantitative estimate of drug-likeness (QED) is 0.753. The van der Waals surface area contributed by atoms with Crippen LogP contribution in [0.2, 0.25) is 0 Å². The number of hydrogen-bond acceptors (Lipinski definition) is 4. The van der Waals surface area contributed by atoms with Crippen LogP contribution in [0.25, 0.3) is 0 Å². The number of rotatable bonds is 7. The molecule has 0 saturated heterocycles. The SMILES string of the molecule is COC(=O)C(C)(CCc1ccc(O)cc1)NCC(C)C. The van der Waals surface area contributed by atoms with Gasteiger partial charge in [0.05, 0.1) is 7.11 Å². The second-order valence-corrected chi connectivity index (χ2v) is 5.76. The molecular weight excluding hydrogens is 254 g/mol. The first-order valence-corrected chi connectivity index (χ1v) is 6.99. The minimum absolute atomic E-state index is 0.239. The third-order valence-corrected chi connectivity index (χ3v) is 3.39. The number of aryl methyl sites for hydroxylation is 1. The molecular formula is C16H25NO3. The van der Waals surface area contributed by atoms with Gasteiger partial charge in [-0.1, -0.05) is 26.0 Å². The average Bonchev–Trinajstić information content (AvgIpc) is 2.43. The Bertz CT molecular complexity index is 428. The van der Waals surface area contributed by atoms with Crippen molar-refractivity contribution in [2.45, 2.75) is 39.2 Å². The lowest BCUT2D eigenvalue weighted by atomic mass is 9.92. The Morgan fingerprint density at radius 1 is 1.35 bits per heavy atom. The second-order valence-electron chi connectivity index (χ2n) is 5.76. The summed E-state index contributed by atoms with van der Waals surface area (Å²) in [7, 11) is 1.41. The molecule has 0 radical (unpaired) electrons. The summed E-state index contributed by atoms with van der Waals surface area (Å²) in [5.41, 5.74) is 0.404. The molecule has 0 heterocycles. The maximum absolute atomic E-state index is 12.0. The van der Waals surface area contributed by atoms with Crippen LogP contribution in [0.5, 0.6) is 5.75 Å². The van der Waals surface area contributed by atoms with Gasteiger partial charge in [-0.2, -0.15) is 0 Å². The van der Waals surface area contributed by atoms with Crippen LogP contribution in [0.1, 0.15) is 32.8 Å². The van der Waals surface area contributed by atoms with Crippen LogP contribution in [0, 0.1) is 5.92 Å². The maximum Gasteiger partial charge on any atom is 0.325 e. The number of carbonyl (C=O) groups is 1. The van der Waals surface area contributed by atoms with Crippen molar-refractivity contribution in [2.75, 3.05) is 13.7 Å². The van der Waals surface area contributed by atoms with Crippen molar-refractivity contribution in [1.29, 1.82) is 0 Å². The predicted octanol–water partition coefficient (Wildman–Crippen LogP) is 2.50. The first-order chi connectivity index (χ1) is 9.37. The monoisotopic (exact) mass is 279 g/mol. The third-order valence-electron chi connectivity index (χ3n) is 3.39. The van der Waals surface area contributed by atoms with Crippen molar-refractivity contribution >= 4 is 5.97 Å². The molecule has 1 rings (SSSR count). The number of carbonyl (C=O) groups excluding carboxylic acids is 1. The normalized spacial score (nSPS) is 14.1. The molecule has 0 aromatic heterocycles. The number of phenolic OH excluding ortho intramolecular Hbond substituents is 1. The largest absolute Gasteiger partial charge is 0.508 e. The molecule has 2 N–H and O–H groups in total. The molecule has 1 unspecified atom stereocenters. The highest BCUT2D eigenvalue weighted by Crippen LogP contribution is 2.18. The Kier molecular flexibility index (Phi) is 6.02. The standard InChI is InChI=1S/C16H25NO3/c1-12(2)11-17-16(3,15(19)20-4)10-9-13-5-7-14(18)8-6-13/h5-8,12,17-18H,9-11H2,1-4H3. The maximum atomic E-state index is 12.0. The highest BCUT2D eigenvalue weighted by molar-refractivity contribution is 5.80. The number of phenols is 1. The zero-order valence-corrected chi connectivity index (χ0v) is 12.8. The van der Waals surface area contributed by atoms with Crippen LogP contribution >= 0.6 is 0 Å². The number of methoxy groups -OCH3 is 1. The third kappa shape index (κ3) is 4.85. The lowest BCUT2D eigenvalue weighted by Gasteiger charge is -2.29. The van der Waals surface area contributed by atoms with Gasteiger partial charge in [-0.05, 0) is 49.9 Å². The number of benzene rings is 1. The van der Waals surface area contributed by atoms with E-state index in [9.17, 15) is 9.90 Å². The minimum Gasteiger partial charge on any atom is -0.508 e. The van der Waals surface area contributed by atoms with E-state index >= 15 is 0 Å². The van der Waals surface area contributed by atoms with E-state index in [2.05, 4.69) is 19.2 Å². The molecule has 1 atom stereocenters. The van der Waals surface area contributed by atoms with E-state index in [0.29, 0.717) is 12.3 Å². The first kappa shape index (κ1) is 16.5. The Balaban J connectivity index is 2.69. The summed E-state index contributed by atoms with van der Waals surface area (Å²) in [6.45, 7) is 6.85. The molecule has 4 heteroatoms. The molecule has 0 bridgehead atoms. The molecule has 0 aliphatic rings. The van der Waals surface area contributed by atoms with Gasteiger partial charge in [0.2, 0.25) is 0 Å². The molecule has 0 aliphatic carbocycles. The van der Waals surface area contributed by atoms with Gasteiger partial charge < -0.3 is 15.2 Å². The molecule has 0 saturated carbocycles. The van der Waals surface area contributed by atoms with Gasteiger partial charge in [-0.3, -0.25) is 4.79 Å². The first-order valence-electron chi connectivity index (χ1n) is 6.99. The zero-order valence-electron chi connectivity index (χ0n) is 12.8. The fourth-order valence-electron chi connectivity index (χ4n) is 1.97. The van der Waals surface area contributed by atoms with Crippen LogP contribution in [0.3, 0.4) is 0 Å². The molecule has 20 heavy (non-hydrogen) atoms. The fourth-order valence-corrected chi connectivity index (χ4v) is 1.97. The Labute approximate surface area is 121 Å². The minimum atomic E-state index is -0.684. The number of esters is 1. The molecule has 0 amide bonds. The summed E-state index contributed by atoms with van der Waals surface area (Å²) < 4.78 is 4.91. The van der Waals surface area contributed by atoms with Crippen molar-refractivity contribution in [3.63, 3.8) is 0 Å². The lowest BCUT2D eigenvalue weighted by Crippen LogP contribution is -2.51. The van der Waals surface area contributed by atoms with E-state index in [-0.39, 0.29) is 11.7 Å². The van der Waals surface area contributed by atoms with Gasteiger partial charge in [0, 0.05) is 0 Å². The van der Waals surface area contributed by atoms with Crippen molar-refractivity contribution in [3.8, 4) is 5.75 Å². The van der Waals surface area contributed by atoms with Crippen LogP contribution < -0.4 is 5.32 Å². The molecule has 1 aromatic carbocycles. The Morgan fingerprint density at radius 2 is 1.95 bits per heavy atom. The summed E-state index contributed by atoms with van der Waals surface area (Å²) in [6.07, 6.45) is 1.40. The smallest absolute Gasteiger partial charge is 0.325 e. The van der Waals surface area contributed by atoms with E-state index in [4.69, 9.17) is 4.74 Å². The van der Waals surface area contributed by atoms with E-state index < -0.39 is 5.54 Å². The van der Waals surface area contributed by atoms with E-state index in [0.717, 1.165) is 18.5 Å². The molecule has 1 aromatic rings. The number of nitrogens with one attached hydrogen (secondary N) is 1. The van der Waals surface area contributed by atoms with Crippen LogP contribution in [0.4, 0.5) is 0 Å². The van der Waals surface area contributed by atoms with Gasteiger partial charge >= 0.3 is 5.97 Å². The van der Waals surface area contributed by atoms with E-state index in [1.807, 2.05) is 19.1 Å². The molecule has 4 nitrogen and oxygen atoms in total. The van der Waals surface area contributed by atoms with E-state index in [1.54, 1.807) is 12.1 Å². The molecule has 0 spiro atoms. The van der Waals surface area contributed by atoms with Gasteiger partial charge in [0.1, 0.15) is 11.3 Å². The molecule has 0 fully saturated rings. The topological polar surface area (TPSA) is 58.6 Å². The second kappa shape index (κ2) is 7.29. The Hall–Kier alpha value is -1.55. The number of hydrogen-bond donors (Lipinski definition) is 2. The van der Waals surface area contributed by atoms with E-state index in [1.165, 1.54) is 7.11 Å². The highest BCUT2D eigenvalue weighted by atomic mass is 16.5. The molecule has 0 aliphatic heterocycles.